The summed E-state index contributed by atoms with van der Waals surface area (Å²) in [7, 11) is 1.63. The summed E-state index contributed by atoms with van der Waals surface area (Å²) in [5.41, 5.74) is 0.947. The van der Waals surface area contributed by atoms with Crippen LogP contribution in [0.25, 0.3) is 0 Å². The lowest BCUT2D eigenvalue weighted by molar-refractivity contribution is 0.127. The quantitative estimate of drug-likeness (QED) is 0.850. The molecule has 0 amide bonds. The van der Waals surface area contributed by atoms with Gasteiger partial charge in [0.05, 0.1) is 19.8 Å². The summed E-state index contributed by atoms with van der Waals surface area (Å²) in [6.07, 6.45) is 3.52. The van der Waals surface area contributed by atoms with E-state index in [-0.39, 0.29) is 5.92 Å². The highest BCUT2D eigenvalue weighted by atomic mass is 16.5. The zero-order valence-electron chi connectivity index (χ0n) is 12.8. The zero-order chi connectivity index (χ0) is 15.2. The molecule has 0 saturated carbocycles. The number of para-hydroxylation sites is 2. The Morgan fingerprint density at radius 2 is 1.86 bits per heavy atom. The maximum Gasteiger partial charge on any atom is 0.161 e. The Kier molecular flexibility index (Phi) is 5.28. The van der Waals surface area contributed by atoms with Crippen molar-refractivity contribution in [2.24, 2.45) is 5.92 Å². The SMILES string of the molecule is COc1ccccc1OCCn1ccc(C(O)C(C)C)c1. The molecular formula is C17H23NO3. The van der Waals surface area contributed by atoms with E-state index in [4.69, 9.17) is 9.47 Å². The van der Waals surface area contributed by atoms with Crippen LogP contribution in [-0.2, 0) is 6.54 Å². The molecule has 0 fully saturated rings. The van der Waals surface area contributed by atoms with Crippen LogP contribution in [0.2, 0.25) is 0 Å². The second-order valence-corrected chi connectivity index (χ2v) is 5.37. The fourth-order valence-electron chi connectivity index (χ4n) is 2.16. The third-order valence-electron chi connectivity index (χ3n) is 3.42. The Morgan fingerprint density at radius 3 is 2.52 bits per heavy atom. The largest absolute Gasteiger partial charge is 0.493 e. The van der Waals surface area contributed by atoms with Gasteiger partial charge >= 0.3 is 0 Å². The molecule has 0 aliphatic heterocycles. The van der Waals surface area contributed by atoms with Gasteiger partial charge in [-0.25, -0.2) is 0 Å². The third kappa shape index (κ3) is 4.02. The lowest BCUT2D eigenvalue weighted by Crippen LogP contribution is -2.08. The molecule has 1 atom stereocenters. The Morgan fingerprint density at radius 1 is 1.14 bits per heavy atom. The molecule has 0 radical (unpaired) electrons. The first-order valence-electron chi connectivity index (χ1n) is 7.21. The van der Waals surface area contributed by atoms with Crippen LogP contribution in [0.3, 0.4) is 0 Å². The molecule has 0 aliphatic rings. The second-order valence-electron chi connectivity index (χ2n) is 5.37. The number of aliphatic hydroxyl groups excluding tert-OH is 1. The van der Waals surface area contributed by atoms with Crippen LogP contribution in [0.15, 0.2) is 42.7 Å². The topological polar surface area (TPSA) is 43.6 Å². The van der Waals surface area contributed by atoms with Gasteiger partial charge in [-0.05, 0) is 29.7 Å². The first-order chi connectivity index (χ1) is 10.1. The zero-order valence-corrected chi connectivity index (χ0v) is 12.8. The summed E-state index contributed by atoms with van der Waals surface area (Å²) in [6.45, 7) is 5.29. The highest BCUT2D eigenvalue weighted by Crippen LogP contribution is 2.26. The minimum Gasteiger partial charge on any atom is -0.493 e. The van der Waals surface area contributed by atoms with E-state index in [1.165, 1.54) is 0 Å². The number of rotatable bonds is 7. The first kappa shape index (κ1) is 15.4. The number of methoxy groups -OCH3 is 1. The van der Waals surface area contributed by atoms with E-state index < -0.39 is 6.10 Å². The van der Waals surface area contributed by atoms with E-state index in [2.05, 4.69) is 0 Å². The molecule has 21 heavy (non-hydrogen) atoms. The van der Waals surface area contributed by atoms with E-state index in [1.807, 2.05) is 61.1 Å². The number of ether oxygens (including phenoxy) is 2. The molecule has 0 bridgehead atoms. The number of hydrogen-bond acceptors (Lipinski definition) is 3. The molecule has 1 aromatic carbocycles. The normalized spacial score (nSPS) is 12.4. The summed E-state index contributed by atoms with van der Waals surface area (Å²) in [6, 6.07) is 9.56. The average Bonchev–Trinajstić information content (AvgIpc) is 2.95. The van der Waals surface area contributed by atoms with E-state index in [1.54, 1.807) is 7.11 Å². The number of benzene rings is 1. The monoisotopic (exact) mass is 289 g/mol. The maximum atomic E-state index is 10.0. The lowest BCUT2D eigenvalue weighted by Gasteiger charge is -2.12. The van der Waals surface area contributed by atoms with Crippen molar-refractivity contribution in [2.75, 3.05) is 13.7 Å². The molecule has 1 aromatic heterocycles. The van der Waals surface area contributed by atoms with Gasteiger partial charge in [-0.3, -0.25) is 0 Å². The van der Waals surface area contributed by atoms with Crippen LogP contribution in [0.4, 0.5) is 0 Å². The Labute approximate surface area is 125 Å². The van der Waals surface area contributed by atoms with E-state index in [0.717, 1.165) is 23.6 Å². The van der Waals surface area contributed by atoms with Crippen molar-refractivity contribution in [1.29, 1.82) is 0 Å². The highest BCUT2D eigenvalue weighted by molar-refractivity contribution is 5.39. The van der Waals surface area contributed by atoms with Gasteiger partial charge in [-0.15, -0.1) is 0 Å². The van der Waals surface area contributed by atoms with E-state index in [0.29, 0.717) is 6.61 Å². The first-order valence-corrected chi connectivity index (χ1v) is 7.21. The summed E-state index contributed by atoms with van der Waals surface area (Å²) >= 11 is 0. The molecule has 4 heteroatoms. The van der Waals surface area contributed by atoms with E-state index in [9.17, 15) is 5.11 Å². The van der Waals surface area contributed by atoms with Crippen LogP contribution in [-0.4, -0.2) is 23.4 Å². The van der Waals surface area contributed by atoms with Gasteiger partial charge in [0.15, 0.2) is 11.5 Å². The Bertz CT molecular complexity index is 563. The van der Waals surface area contributed by atoms with Crippen LogP contribution in [0, 0.1) is 5.92 Å². The number of aromatic nitrogens is 1. The molecule has 1 unspecified atom stereocenters. The van der Waals surface area contributed by atoms with Crippen molar-refractivity contribution in [1.82, 2.24) is 4.57 Å². The van der Waals surface area contributed by atoms with Crippen LogP contribution < -0.4 is 9.47 Å². The fourth-order valence-corrected chi connectivity index (χ4v) is 2.16. The smallest absolute Gasteiger partial charge is 0.161 e. The molecule has 2 aromatic rings. The molecule has 1 heterocycles. The Balaban J connectivity index is 1.89. The van der Waals surface area contributed by atoms with Crippen molar-refractivity contribution in [3.63, 3.8) is 0 Å². The van der Waals surface area contributed by atoms with Gasteiger partial charge < -0.3 is 19.1 Å². The summed E-state index contributed by atoms with van der Waals surface area (Å²) < 4.78 is 13.0. The van der Waals surface area contributed by atoms with Gasteiger partial charge in [-0.2, -0.15) is 0 Å². The maximum absolute atomic E-state index is 10.0. The Hall–Kier alpha value is -1.94. The minimum atomic E-state index is -0.415. The molecule has 0 aliphatic carbocycles. The molecule has 0 spiro atoms. The summed E-state index contributed by atoms with van der Waals surface area (Å²) in [4.78, 5) is 0. The van der Waals surface area contributed by atoms with Crippen molar-refractivity contribution in [2.45, 2.75) is 26.5 Å². The van der Waals surface area contributed by atoms with Crippen molar-refractivity contribution in [3.8, 4) is 11.5 Å². The summed E-state index contributed by atoms with van der Waals surface area (Å²) in [5, 5.41) is 10.0. The van der Waals surface area contributed by atoms with Gasteiger partial charge in [0.1, 0.15) is 6.61 Å². The lowest BCUT2D eigenvalue weighted by atomic mass is 10.0. The predicted octanol–water partition coefficient (Wildman–Crippen LogP) is 3.27. The minimum absolute atomic E-state index is 0.214. The summed E-state index contributed by atoms with van der Waals surface area (Å²) in [5.74, 6) is 1.70. The third-order valence-corrected chi connectivity index (χ3v) is 3.42. The van der Waals surface area contributed by atoms with Crippen molar-refractivity contribution < 1.29 is 14.6 Å². The fraction of sp³-hybridized carbons (Fsp3) is 0.412. The number of hydrogen-bond donors (Lipinski definition) is 1. The number of aliphatic hydroxyl groups is 1. The molecule has 114 valence electrons. The predicted molar refractivity (Wildman–Crippen MR) is 82.7 cm³/mol. The second kappa shape index (κ2) is 7.18. The molecule has 4 nitrogen and oxygen atoms in total. The van der Waals surface area contributed by atoms with Gasteiger partial charge in [0, 0.05) is 12.4 Å². The highest BCUT2D eigenvalue weighted by Gasteiger charge is 2.13. The van der Waals surface area contributed by atoms with Crippen molar-refractivity contribution >= 4 is 0 Å². The molecule has 0 saturated heterocycles. The van der Waals surface area contributed by atoms with Gasteiger partial charge in [-0.1, -0.05) is 26.0 Å². The van der Waals surface area contributed by atoms with E-state index >= 15 is 0 Å². The average molecular weight is 289 g/mol. The van der Waals surface area contributed by atoms with Gasteiger partial charge in [0.25, 0.3) is 0 Å². The molecule has 1 N–H and O–H groups in total. The standard InChI is InChI=1S/C17H23NO3/c1-13(2)17(19)14-8-9-18(12-14)10-11-21-16-7-5-4-6-15(16)20-3/h4-9,12-13,17,19H,10-11H2,1-3H3. The van der Waals surface area contributed by atoms with Crippen LogP contribution in [0.5, 0.6) is 11.5 Å². The van der Waals surface area contributed by atoms with Crippen LogP contribution in [0.1, 0.15) is 25.5 Å². The van der Waals surface area contributed by atoms with Crippen molar-refractivity contribution in [3.05, 3.63) is 48.3 Å². The molecule has 2 rings (SSSR count). The van der Waals surface area contributed by atoms with Crippen LogP contribution >= 0.6 is 0 Å². The van der Waals surface area contributed by atoms with Gasteiger partial charge in [0.2, 0.25) is 0 Å². The number of nitrogens with zero attached hydrogens (tertiary/aromatic N) is 1. The molecular weight excluding hydrogens is 266 g/mol.